The van der Waals surface area contributed by atoms with Gasteiger partial charge in [0.2, 0.25) is 0 Å². The molecule has 3 atom stereocenters. The van der Waals surface area contributed by atoms with Gasteiger partial charge in [-0.1, -0.05) is 0 Å². The number of amides is 1. The molecule has 0 saturated carbocycles. The molecule has 0 aromatic carbocycles. The van der Waals surface area contributed by atoms with Gasteiger partial charge in [0, 0.05) is 42.7 Å². The smallest absolute Gasteiger partial charge is 0.319 e. The molecule has 3 aromatic rings. The van der Waals surface area contributed by atoms with Crippen molar-refractivity contribution in [2.45, 2.75) is 63.7 Å². The van der Waals surface area contributed by atoms with Crippen molar-refractivity contribution >= 4 is 22.8 Å². The van der Waals surface area contributed by atoms with E-state index in [2.05, 4.69) is 41.4 Å². The molecule has 11 nitrogen and oxygen atoms in total. The molecule has 2 saturated heterocycles. The van der Waals surface area contributed by atoms with E-state index in [1.165, 1.54) is 0 Å². The molecule has 0 bridgehead atoms. The van der Waals surface area contributed by atoms with Crippen molar-refractivity contribution in [1.82, 2.24) is 30.5 Å². The minimum absolute atomic E-state index is 0.00662. The van der Waals surface area contributed by atoms with Gasteiger partial charge in [-0.3, -0.25) is 9.89 Å². The topological polar surface area (TPSA) is 138 Å². The zero-order valence-corrected chi connectivity index (χ0v) is 20.7. The monoisotopic (exact) mass is 495 g/mol. The number of carbonyl (C=O) groups excluding carboxylic acids is 1. The highest BCUT2D eigenvalue weighted by Crippen LogP contribution is 2.32. The molecule has 3 aromatic heterocycles. The molecule has 11 heteroatoms. The normalized spacial score (nSPS) is 21.6. The summed E-state index contributed by atoms with van der Waals surface area (Å²) in [5.74, 6) is 0.585. The average Bonchev–Trinajstić information content (AvgIpc) is 3.53. The molecule has 0 unspecified atom stereocenters. The van der Waals surface area contributed by atoms with Crippen molar-refractivity contribution < 1.29 is 19.4 Å². The van der Waals surface area contributed by atoms with Gasteiger partial charge in [0.15, 0.2) is 5.65 Å². The number of aliphatic hydroxyl groups is 1. The molecule has 2 fully saturated rings. The summed E-state index contributed by atoms with van der Waals surface area (Å²) in [4.78, 5) is 28.3. The zero-order valence-electron chi connectivity index (χ0n) is 20.7. The van der Waals surface area contributed by atoms with E-state index >= 15 is 0 Å². The molecule has 0 radical (unpaired) electrons. The molecule has 1 amide bonds. The van der Waals surface area contributed by atoms with Crippen molar-refractivity contribution in [3.8, 4) is 6.01 Å². The van der Waals surface area contributed by atoms with Gasteiger partial charge in [-0.15, -0.1) is 0 Å². The van der Waals surface area contributed by atoms with Gasteiger partial charge in [-0.05, 0) is 51.7 Å². The molecule has 5 heterocycles. The van der Waals surface area contributed by atoms with Crippen molar-refractivity contribution in [1.29, 1.82) is 0 Å². The van der Waals surface area contributed by atoms with E-state index in [1.54, 1.807) is 19.2 Å². The number of aromatic amines is 1. The van der Waals surface area contributed by atoms with Crippen molar-refractivity contribution in [2.75, 3.05) is 31.2 Å². The van der Waals surface area contributed by atoms with Crippen molar-refractivity contribution in [2.24, 2.45) is 0 Å². The third-order valence-electron chi connectivity index (χ3n) is 6.87. The SMILES string of the molecule is C[C@H](CO)NC(=O)c1cc(N2CCC(c3n[nH]c4ncccc34)CC2)nc(OC[C@@H]2CC[C@H](C)O2)n1. The Labute approximate surface area is 209 Å². The van der Waals surface area contributed by atoms with E-state index in [1.807, 2.05) is 13.0 Å². The summed E-state index contributed by atoms with van der Waals surface area (Å²) >= 11 is 0. The summed E-state index contributed by atoms with van der Waals surface area (Å²) in [6.07, 6.45) is 5.68. The number of pyridine rings is 1. The summed E-state index contributed by atoms with van der Waals surface area (Å²) in [6.45, 7) is 5.47. The van der Waals surface area contributed by atoms with E-state index < -0.39 is 0 Å². The molecule has 0 spiro atoms. The van der Waals surface area contributed by atoms with Crippen LogP contribution in [0.2, 0.25) is 0 Å². The number of aromatic nitrogens is 5. The number of anilines is 1. The van der Waals surface area contributed by atoms with E-state index in [0.717, 1.165) is 55.5 Å². The molecule has 36 heavy (non-hydrogen) atoms. The maximum absolute atomic E-state index is 12.8. The van der Waals surface area contributed by atoms with Crippen LogP contribution in [0.15, 0.2) is 24.4 Å². The van der Waals surface area contributed by atoms with E-state index in [0.29, 0.717) is 18.3 Å². The Morgan fingerprint density at radius 1 is 1.31 bits per heavy atom. The number of carbonyl (C=O) groups is 1. The quantitative estimate of drug-likeness (QED) is 0.429. The molecule has 2 aliphatic heterocycles. The van der Waals surface area contributed by atoms with Crippen LogP contribution >= 0.6 is 0 Å². The first-order valence-corrected chi connectivity index (χ1v) is 12.6. The number of hydrogen-bond donors (Lipinski definition) is 3. The number of fused-ring (bicyclic) bond motifs is 1. The number of ether oxygens (including phenoxy) is 2. The summed E-state index contributed by atoms with van der Waals surface area (Å²) in [5, 5.41) is 20.7. The number of piperidine rings is 1. The van der Waals surface area contributed by atoms with Gasteiger partial charge in [0.05, 0.1) is 24.5 Å². The standard InChI is InChI=1S/C25H33N7O4/c1-15(13-33)27-24(34)20-12-21(29-25(28-20)35-14-18-6-5-16(2)36-18)32-10-7-17(8-11-32)22-19-4-3-9-26-23(19)31-30-22/h3-4,9,12,15-18,33H,5-8,10-11,13-14H2,1-2H3,(H,27,34)(H,26,30,31)/t15-,16+,18+/m1/s1. The summed E-state index contributed by atoms with van der Waals surface area (Å²) in [5.41, 5.74) is 2.07. The molecule has 3 N–H and O–H groups in total. The third kappa shape index (κ3) is 5.41. The molecule has 0 aliphatic carbocycles. The maximum Gasteiger partial charge on any atom is 0.319 e. The highest BCUT2D eigenvalue weighted by Gasteiger charge is 2.27. The maximum atomic E-state index is 12.8. The summed E-state index contributed by atoms with van der Waals surface area (Å²) < 4.78 is 11.7. The lowest BCUT2D eigenvalue weighted by Crippen LogP contribution is -2.37. The van der Waals surface area contributed by atoms with Crippen LogP contribution in [-0.4, -0.2) is 80.7 Å². The Kier molecular flexibility index (Phi) is 7.28. The first kappa shape index (κ1) is 24.4. The first-order valence-electron chi connectivity index (χ1n) is 12.6. The Bertz CT molecular complexity index is 1190. The Hall–Kier alpha value is -3.31. The van der Waals surface area contributed by atoms with E-state index in [-0.39, 0.29) is 42.5 Å². The predicted molar refractivity (Wildman–Crippen MR) is 133 cm³/mol. The number of nitrogens with one attached hydrogen (secondary N) is 2. The van der Waals surface area contributed by atoms with Gasteiger partial charge < -0.3 is 24.8 Å². The Morgan fingerprint density at radius 2 is 2.14 bits per heavy atom. The van der Waals surface area contributed by atoms with Crippen LogP contribution in [0.3, 0.4) is 0 Å². The molecule has 192 valence electrons. The zero-order chi connectivity index (χ0) is 25.1. The fourth-order valence-electron chi connectivity index (χ4n) is 4.84. The highest BCUT2D eigenvalue weighted by atomic mass is 16.5. The van der Waals surface area contributed by atoms with Gasteiger partial charge in [0.25, 0.3) is 5.91 Å². The summed E-state index contributed by atoms with van der Waals surface area (Å²) in [6, 6.07) is 5.44. The lowest BCUT2D eigenvalue weighted by atomic mass is 9.92. The Balaban J connectivity index is 1.31. The molecule has 2 aliphatic rings. The van der Waals surface area contributed by atoms with Crippen LogP contribution in [0, 0.1) is 0 Å². The number of H-pyrrole nitrogens is 1. The second-order valence-corrected chi connectivity index (χ2v) is 9.68. The van der Waals surface area contributed by atoms with Crippen LogP contribution in [0.25, 0.3) is 11.0 Å². The average molecular weight is 496 g/mol. The number of rotatable bonds is 8. The summed E-state index contributed by atoms with van der Waals surface area (Å²) in [7, 11) is 0. The molecule has 5 rings (SSSR count). The number of aliphatic hydroxyl groups excluding tert-OH is 1. The lowest BCUT2D eigenvalue weighted by Gasteiger charge is -2.32. The largest absolute Gasteiger partial charge is 0.461 e. The lowest BCUT2D eigenvalue weighted by molar-refractivity contribution is 0.0242. The number of hydrogen-bond acceptors (Lipinski definition) is 9. The van der Waals surface area contributed by atoms with E-state index in [4.69, 9.17) is 9.47 Å². The van der Waals surface area contributed by atoms with E-state index in [9.17, 15) is 9.90 Å². The highest BCUT2D eigenvalue weighted by molar-refractivity contribution is 5.93. The second kappa shape index (κ2) is 10.8. The van der Waals surface area contributed by atoms with Crippen LogP contribution in [0.1, 0.15) is 61.6 Å². The predicted octanol–water partition coefficient (Wildman–Crippen LogP) is 2.19. The minimum Gasteiger partial charge on any atom is -0.461 e. The van der Waals surface area contributed by atoms with Gasteiger partial charge in [0.1, 0.15) is 18.1 Å². The van der Waals surface area contributed by atoms with Crippen LogP contribution in [-0.2, 0) is 4.74 Å². The fraction of sp³-hybridized carbons (Fsp3) is 0.560. The third-order valence-corrected chi connectivity index (χ3v) is 6.87. The first-order chi connectivity index (χ1) is 17.5. The van der Waals surface area contributed by atoms with Gasteiger partial charge in [-0.2, -0.15) is 15.1 Å². The second-order valence-electron chi connectivity index (χ2n) is 9.68. The molecular weight excluding hydrogens is 462 g/mol. The van der Waals surface area contributed by atoms with Crippen molar-refractivity contribution in [3.05, 3.63) is 35.8 Å². The Morgan fingerprint density at radius 3 is 2.89 bits per heavy atom. The minimum atomic E-state index is -0.387. The van der Waals surface area contributed by atoms with Crippen LogP contribution in [0.4, 0.5) is 5.82 Å². The van der Waals surface area contributed by atoms with Crippen LogP contribution in [0.5, 0.6) is 6.01 Å². The fourth-order valence-corrected chi connectivity index (χ4v) is 4.84. The van der Waals surface area contributed by atoms with Crippen LogP contribution < -0.4 is 15.0 Å². The van der Waals surface area contributed by atoms with Crippen molar-refractivity contribution in [3.63, 3.8) is 0 Å². The number of nitrogens with zero attached hydrogens (tertiary/aromatic N) is 5. The molecular formula is C25H33N7O4. The van der Waals surface area contributed by atoms with Gasteiger partial charge >= 0.3 is 6.01 Å². The van der Waals surface area contributed by atoms with Gasteiger partial charge in [-0.25, -0.2) is 4.98 Å².